The lowest BCUT2D eigenvalue weighted by Gasteiger charge is -2.33. The SMILES string of the molecule is N#Cc1ccc(-c2cc(-c3ccc(C#N)cc3)cc(N3c4ccccc4-n4c5ccccc5c5cccc3c54)c2)cc1. The molecule has 8 rings (SSSR count). The van der Waals surface area contributed by atoms with Crippen LogP contribution in [-0.2, 0) is 0 Å². The third kappa shape index (κ3) is 3.53. The highest BCUT2D eigenvalue weighted by Gasteiger charge is 2.28. The minimum absolute atomic E-state index is 0.631. The van der Waals surface area contributed by atoms with Crippen molar-refractivity contribution in [2.24, 2.45) is 0 Å². The Morgan fingerprint density at radius 3 is 1.64 bits per heavy atom. The highest BCUT2D eigenvalue weighted by Crippen LogP contribution is 2.50. The fourth-order valence-corrected chi connectivity index (χ4v) is 6.23. The third-order valence-corrected chi connectivity index (χ3v) is 8.15. The van der Waals surface area contributed by atoms with Gasteiger partial charge in [-0.15, -0.1) is 0 Å². The van der Waals surface area contributed by atoms with Crippen LogP contribution in [0.25, 0.3) is 49.7 Å². The summed E-state index contributed by atoms with van der Waals surface area (Å²) in [5, 5.41) is 21.2. The Balaban J connectivity index is 1.42. The number of nitriles is 2. The van der Waals surface area contributed by atoms with Gasteiger partial charge in [-0.1, -0.05) is 66.7 Å². The second-order valence-electron chi connectivity index (χ2n) is 10.5. The van der Waals surface area contributed by atoms with Crippen molar-refractivity contribution in [2.45, 2.75) is 0 Å². The van der Waals surface area contributed by atoms with E-state index in [1.54, 1.807) is 0 Å². The normalized spacial score (nSPS) is 11.7. The fraction of sp³-hybridized carbons (Fsp3) is 0. The van der Waals surface area contributed by atoms with E-state index < -0.39 is 0 Å². The van der Waals surface area contributed by atoms with E-state index in [1.807, 2.05) is 48.5 Å². The molecular formula is C38H22N4. The predicted molar refractivity (Wildman–Crippen MR) is 169 cm³/mol. The number of aromatic nitrogens is 1. The van der Waals surface area contributed by atoms with Crippen LogP contribution in [0.2, 0.25) is 0 Å². The second-order valence-corrected chi connectivity index (χ2v) is 10.5. The van der Waals surface area contributed by atoms with Gasteiger partial charge in [-0.2, -0.15) is 10.5 Å². The Kier molecular flexibility index (Phi) is 5.22. The zero-order valence-corrected chi connectivity index (χ0v) is 22.5. The van der Waals surface area contributed by atoms with Gasteiger partial charge in [0.1, 0.15) is 0 Å². The van der Waals surface area contributed by atoms with Crippen LogP contribution in [0.5, 0.6) is 0 Å². The van der Waals surface area contributed by atoms with Crippen LogP contribution in [0.15, 0.2) is 133 Å². The maximum atomic E-state index is 9.37. The summed E-state index contributed by atoms with van der Waals surface area (Å²) in [7, 11) is 0. The number of benzene rings is 6. The Morgan fingerprint density at radius 2 is 1.00 bits per heavy atom. The Labute approximate surface area is 243 Å². The molecule has 1 aromatic heterocycles. The van der Waals surface area contributed by atoms with Gasteiger partial charge in [-0.3, -0.25) is 0 Å². The van der Waals surface area contributed by atoms with Gasteiger partial charge in [-0.25, -0.2) is 0 Å². The molecule has 0 unspecified atom stereocenters. The molecule has 0 atom stereocenters. The standard InChI is InChI=1S/C38H22N4/c39-23-25-12-16-27(17-13-25)29-20-30(28-18-14-26(24-40)15-19-28)22-31(21-29)41-35-9-3-4-10-36(35)42-34-8-2-1-6-32(34)33-7-5-11-37(41)38(33)42/h1-22H. The Hall–Kier alpha value is -6.10. The van der Waals surface area contributed by atoms with E-state index in [2.05, 4.69) is 107 Å². The summed E-state index contributed by atoms with van der Waals surface area (Å²) in [6.45, 7) is 0. The largest absolute Gasteiger partial charge is 0.306 e. The molecule has 0 saturated carbocycles. The molecule has 42 heavy (non-hydrogen) atoms. The van der Waals surface area contributed by atoms with Gasteiger partial charge in [0.15, 0.2) is 0 Å². The summed E-state index contributed by atoms with van der Waals surface area (Å²) in [4.78, 5) is 2.36. The summed E-state index contributed by atoms with van der Waals surface area (Å²) in [5.41, 5.74) is 12.2. The molecule has 0 amide bonds. The minimum atomic E-state index is 0.631. The van der Waals surface area contributed by atoms with Gasteiger partial charge in [0.2, 0.25) is 0 Å². The molecule has 1 aliphatic heterocycles. The van der Waals surface area contributed by atoms with Crippen LogP contribution in [-0.4, -0.2) is 4.57 Å². The molecule has 0 saturated heterocycles. The molecule has 6 aromatic carbocycles. The monoisotopic (exact) mass is 534 g/mol. The smallest absolute Gasteiger partial charge is 0.0991 e. The molecule has 0 radical (unpaired) electrons. The second kappa shape index (κ2) is 9.24. The minimum Gasteiger partial charge on any atom is -0.306 e. The molecule has 194 valence electrons. The summed E-state index contributed by atoms with van der Waals surface area (Å²) < 4.78 is 2.39. The maximum absolute atomic E-state index is 9.37. The first-order valence-electron chi connectivity index (χ1n) is 13.8. The van der Waals surface area contributed by atoms with Gasteiger partial charge in [-0.05, 0) is 89.0 Å². The van der Waals surface area contributed by atoms with E-state index in [-0.39, 0.29) is 0 Å². The third-order valence-electron chi connectivity index (χ3n) is 8.15. The Morgan fingerprint density at radius 1 is 0.452 bits per heavy atom. The zero-order valence-electron chi connectivity index (χ0n) is 22.5. The molecule has 1 aliphatic rings. The van der Waals surface area contributed by atoms with Crippen LogP contribution in [0.4, 0.5) is 17.1 Å². The molecule has 0 bridgehead atoms. The summed E-state index contributed by atoms with van der Waals surface area (Å²) in [6, 6.07) is 50.2. The molecule has 7 aromatic rings. The number of anilines is 3. The van der Waals surface area contributed by atoms with E-state index in [9.17, 15) is 10.5 Å². The number of hydrogen-bond acceptors (Lipinski definition) is 3. The topological polar surface area (TPSA) is 55.8 Å². The van der Waals surface area contributed by atoms with Crippen molar-refractivity contribution in [1.29, 1.82) is 10.5 Å². The molecular weight excluding hydrogens is 512 g/mol. The highest BCUT2D eigenvalue weighted by atomic mass is 15.2. The fourth-order valence-electron chi connectivity index (χ4n) is 6.23. The lowest BCUT2D eigenvalue weighted by molar-refractivity contribution is 1.11. The van der Waals surface area contributed by atoms with Gasteiger partial charge < -0.3 is 9.47 Å². The van der Waals surface area contributed by atoms with E-state index in [0.717, 1.165) is 45.0 Å². The van der Waals surface area contributed by atoms with E-state index in [1.165, 1.54) is 21.8 Å². The number of nitrogens with zero attached hydrogens (tertiary/aromatic N) is 4. The van der Waals surface area contributed by atoms with Crippen LogP contribution in [0.1, 0.15) is 11.1 Å². The average molecular weight is 535 g/mol. The number of rotatable bonds is 3. The van der Waals surface area contributed by atoms with Crippen LogP contribution >= 0.6 is 0 Å². The number of para-hydroxylation sites is 4. The van der Waals surface area contributed by atoms with Gasteiger partial charge in [0.05, 0.1) is 51.4 Å². The van der Waals surface area contributed by atoms with E-state index in [4.69, 9.17) is 0 Å². The van der Waals surface area contributed by atoms with E-state index in [0.29, 0.717) is 11.1 Å². The molecule has 0 N–H and O–H groups in total. The predicted octanol–water partition coefficient (Wildman–Crippen LogP) is 9.64. The van der Waals surface area contributed by atoms with Gasteiger partial charge in [0, 0.05) is 16.5 Å². The molecule has 0 aliphatic carbocycles. The van der Waals surface area contributed by atoms with Crippen molar-refractivity contribution in [3.05, 3.63) is 145 Å². The van der Waals surface area contributed by atoms with Crippen LogP contribution in [0.3, 0.4) is 0 Å². The lowest BCUT2D eigenvalue weighted by atomic mass is 9.96. The number of hydrogen-bond donors (Lipinski definition) is 0. The quantitative estimate of drug-likeness (QED) is 0.227. The molecule has 4 heteroatoms. The first-order chi connectivity index (χ1) is 20.7. The van der Waals surface area contributed by atoms with Crippen LogP contribution < -0.4 is 4.90 Å². The maximum Gasteiger partial charge on any atom is 0.0991 e. The van der Waals surface area contributed by atoms with Crippen LogP contribution in [0, 0.1) is 22.7 Å². The molecule has 2 heterocycles. The zero-order chi connectivity index (χ0) is 28.2. The van der Waals surface area contributed by atoms with Crippen molar-refractivity contribution in [2.75, 3.05) is 4.90 Å². The summed E-state index contributed by atoms with van der Waals surface area (Å²) >= 11 is 0. The first kappa shape index (κ1) is 23.8. The van der Waals surface area contributed by atoms with Crippen molar-refractivity contribution < 1.29 is 0 Å². The van der Waals surface area contributed by atoms with Gasteiger partial charge >= 0.3 is 0 Å². The van der Waals surface area contributed by atoms with Crippen molar-refractivity contribution >= 4 is 38.9 Å². The first-order valence-corrected chi connectivity index (χ1v) is 13.8. The van der Waals surface area contributed by atoms with Crippen molar-refractivity contribution in [1.82, 2.24) is 4.57 Å². The molecule has 0 fully saturated rings. The van der Waals surface area contributed by atoms with Crippen molar-refractivity contribution in [3.8, 4) is 40.1 Å². The lowest BCUT2D eigenvalue weighted by Crippen LogP contribution is -2.18. The number of fused-ring (bicyclic) bond motifs is 5. The molecule has 0 spiro atoms. The van der Waals surface area contributed by atoms with Crippen molar-refractivity contribution in [3.63, 3.8) is 0 Å². The summed E-state index contributed by atoms with van der Waals surface area (Å²) in [5.74, 6) is 0. The molecule has 4 nitrogen and oxygen atoms in total. The Bertz CT molecular complexity index is 2180. The van der Waals surface area contributed by atoms with Gasteiger partial charge in [0.25, 0.3) is 0 Å². The van der Waals surface area contributed by atoms with E-state index >= 15 is 0 Å². The average Bonchev–Trinajstić information content (AvgIpc) is 3.40. The highest BCUT2D eigenvalue weighted by molar-refractivity contribution is 6.16. The summed E-state index contributed by atoms with van der Waals surface area (Å²) in [6.07, 6.45) is 0.